The van der Waals surface area contributed by atoms with Crippen molar-refractivity contribution in [2.45, 2.75) is 32.5 Å². The molecule has 1 aromatic rings. The van der Waals surface area contributed by atoms with Gasteiger partial charge in [0.15, 0.2) is 0 Å². The minimum Gasteiger partial charge on any atom is -0.324 e. The Bertz CT molecular complexity index is 393. The van der Waals surface area contributed by atoms with Crippen LogP contribution < -0.4 is 5.73 Å². The van der Waals surface area contributed by atoms with Gasteiger partial charge in [-0.2, -0.15) is 13.2 Å². The summed E-state index contributed by atoms with van der Waals surface area (Å²) in [5.41, 5.74) is 5.75. The Morgan fingerprint density at radius 2 is 1.89 bits per heavy atom. The maximum Gasteiger partial charge on any atom is 0.417 e. The van der Waals surface area contributed by atoms with Crippen molar-refractivity contribution >= 4 is 24.0 Å². The summed E-state index contributed by atoms with van der Waals surface area (Å²) in [4.78, 5) is 0. The molecule has 1 aromatic carbocycles. The molecule has 0 amide bonds. The van der Waals surface area contributed by atoms with Crippen LogP contribution in [0, 0.1) is 5.92 Å². The van der Waals surface area contributed by atoms with Gasteiger partial charge in [-0.15, -0.1) is 12.4 Å². The first kappa shape index (κ1) is 17.6. The Balaban J connectivity index is 0.00000289. The first-order valence-electron chi connectivity index (χ1n) is 5.39. The molecule has 1 unspecified atom stereocenters. The number of nitrogens with two attached hydrogens (primary N) is 1. The molecule has 0 saturated carbocycles. The molecule has 0 heterocycles. The Morgan fingerprint density at radius 3 is 2.28 bits per heavy atom. The molecule has 0 aliphatic rings. The molecule has 0 radical (unpaired) electrons. The van der Waals surface area contributed by atoms with Crippen LogP contribution in [0.15, 0.2) is 18.2 Å². The molecule has 0 fully saturated rings. The van der Waals surface area contributed by atoms with Crippen molar-refractivity contribution in [2.24, 2.45) is 11.7 Å². The normalized spacial score (nSPS) is 14.8. The summed E-state index contributed by atoms with van der Waals surface area (Å²) in [6, 6.07) is 3.40. The lowest BCUT2D eigenvalue weighted by molar-refractivity contribution is -0.137. The Morgan fingerprint density at radius 1 is 1.33 bits per heavy atom. The quantitative estimate of drug-likeness (QED) is 0.850. The summed E-state index contributed by atoms with van der Waals surface area (Å²) in [7, 11) is 0. The number of hydrogen-bond acceptors (Lipinski definition) is 1. The van der Waals surface area contributed by atoms with E-state index in [1.54, 1.807) is 0 Å². The van der Waals surface area contributed by atoms with Crippen LogP contribution in [0.4, 0.5) is 13.2 Å². The third-order valence-corrected chi connectivity index (χ3v) is 3.25. The average Bonchev–Trinajstić information content (AvgIpc) is 2.25. The van der Waals surface area contributed by atoms with Crippen molar-refractivity contribution in [1.82, 2.24) is 0 Å². The van der Waals surface area contributed by atoms with E-state index in [9.17, 15) is 13.2 Å². The topological polar surface area (TPSA) is 26.0 Å². The fourth-order valence-electron chi connectivity index (χ4n) is 1.55. The van der Waals surface area contributed by atoms with Crippen molar-refractivity contribution in [3.8, 4) is 0 Å². The summed E-state index contributed by atoms with van der Waals surface area (Å²) >= 11 is 5.63. The number of benzene rings is 1. The van der Waals surface area contributed by atoms with Gasteiger partial charge in [0, 0.05) is 6.04 Å². The van der Waals surface area contributed by atoms with Gasteiger partial charge in [-0.05, 0) is 23.6 Å². The van der Waals surface area contributed by atoms with Crippen LogP contribution in [0.25, 0.3) is 0 Å². The second-order valence-electron chi connectivity index (χ2n) is 4.15. The van der Waals surface area contributed by atoms with Gasteiger partial charge in [0.1, 0.15) is 0 Å². The van der Waals surface area contributed by atoms with E-state index in [2.05, 4.69) is 0 Å². The number of hydrogen-bond donors (Lipinski definition) is 1. The highest BCUT2D eigenvalue weighted by molar-refractivity contribution is 6.31. The second-order valence-corrected chi connectivity index (χ2v) is 4.56. The third kappa shape index (κ3) is 4.04. The van der Waals surface area contributed by atoms with Crippen LogP contribution in [-0.2, 0) is 6.18 Å². The predicted molar refractivity (Wildman–Crippen MR) is 70.1 cm³/mol. The zero-order valence-electron chi connectivity index (χ0n) is 10.1. The minimum atomic E-state index is -4.42. The SMILES string of the molecule is CCC(C)[C@H](N)c1ccc(C(F)(F)F)c(Cl)c1.Cl. The predicted octanol–water partition coefficient (Wildman–Crippen LogP) is 4.83. The zero-order valence-corrected chi connectivity index (χ0v) is 11.7. The number of alkyl halides is 3. The fourth-order valence-corrected chi connectivity index (χ4v) is 1.85. The van der Waals surface area contributed by atoms with Crippen LogP contribution >= 0.6 is 24.0 Å². The van der Waals surface area contributed by atoms with Crippen LogP contribution in [-0.4, -0.2) is 0 Å². The zero-order chi connectivity index (χ0) is 13.2. The Labute approximate surface area is 116 Å². The standard InChI is InChI=1S/C12H15ClF3N.ClH/c1-3-7(2)11(17)8-4-5-9(10(13)6-8)12(14,15)16;/h4-7,11H,3,17H2,1-2H3;1H/t7?,11-;/m0./s1. The molecule has 2 N–H and O–H groups in total. The van der Waals surface area contributed by atoms with Gasteiger partial charge in [-0.3, -0.25) is 0 Å². The molecule has 0 aliphatic carbocycles. The van der Waals surface area contributed by atoms with Gasteiger partial charge in [0.05, 0.1) is 10.6 Å². The monoisotopic (exact) mass is 301 g/mol. The highest BCUT2D eigenvalue weighted by Gasteiger charge is 2.33. The molecule has 0 spiro atoms. The van der Waals surface area contributed by atoms with E-state index in [-0.39, 0.29) is 29.4 Å². The molecular formula is C12H16Cl2F3N. The molecule has 104 valence electrons. The first-order valence-corrected chi connectivity index (χ1v) is 5.77. The summed E-state index contributed by atoms with van der Waals surface area (Å²) in [6.07, 6.45) is -3.56. The van der Waals surface area contributed by atoms with Crippen LogP contribution in [0.1, 0.15) is 37.4 Å². The lowest BCUT2D eigenvalue weighted by atomic mass is 9.93. The molecule has 1 nitrogen and oxygen atoms in total. The molecule has 0 aliphatic heterocycles. The van der Waals surface area contributed by atoms with Crippen molar-refractivity contribution in [2.75, 3.05) is 0 Å². The molecule has 6 heteroatoms. The van der Waals surface area contributed by atoms with Crippen LogP contribution in [0.5, 0.6) is 0 Å². The van der Waals surface area contributed by atoms with Crippen molar-refractivity contribution in [3.63, 3.8) is 0 Å². The van der Waals surface area contributed by atoms with E-state index in [0.29, 0.717) is 5.56 Å². The summed E-state index contributed by atoms with van der Waals surface area (Å²) in [6.45, 7) is 3.94. The lowest BCUT2D eigenvalue weighted by Gasteiger charge is -2.20. The maximum absolute atomic E-state index is 12.5. The maximum atomic E-state index is 12.5. The molecule has 18 heavy (non-hydrogen) atoms. The van der Waals surface area contributed by atoms with Gasteiger partial charge in [0.25, 0.3) is 0 Å². The lowest BCUT2D eigenvalue weighted by Crippen LogP contribution is -2.19. The summed E-state index contributed by atoms with van der Waals surface area (Å²) in [5, 5.41) is -0.297. The van der Waals surface area contributed by atoms with E-state index in [0.717, 1.165) is 12.5 Å². The van der Waals surface area contributed by atoms with Gasteiger partial charge in [-0.25, -0.2) is 0 Å². The minimum absolute atomic E-state index is 0. The van der Waals surface area contributed by atoms with Gasteiger partial charge >= 0.3 is 6.18 Å². The molecule has 2 atom stereocenters. The number of rotatable bonds is 3. The average molecular weight is 302 g/mol. The third-order valence-electron chi connectivity index (χ3n) is 2.94. The van der Waals surface area contributed by atoms with Gasteiger partial charge in [0.2, 0.25) is 0 Å². The van der Waals surface area contributed by atoms with Crippen LogP contribution in [0.3, 0.4) is 0 Å². The van der Waals surface area contributed by atoms with Crippen molar-refractivity contribution < 1.29 is 13.2 Å². The largest absolute Gasteiger partial charge is 0.417 e. The molecule has 0 bridgehead atoms. The first-order chi connectivity index (χ1) is 7.77. The van der Waals surface area contributed by atoms with E-state index in [4.69, 9.17) is 17.3 Å². The summed E-state index contributed by atoms with van der Waals surface area (Å²) in [5.74, 6) is 0.197. The number of halogens is 5. The summed E-state index contributed by atoms with van der Waals surface area (Å²) < 4.78 is 37.5. The molecule has 1 rings (SSSR count). The van der Waals surface area contributed by atoms with E-state index in [1.807, 2.05) is 13.8 Å². The van der Waals surface area contributed by atoms with Gasteiger partial charge < -0.3 is 5.73 Å². The van der Waals surface area contributed by atoms with E-state index >= 15 is 0 Å². The van der Waals surface area contributed by atoms with Crippen molar-refractivity contribution in [3.05, 3.63) is 34.3 Å². The van der Waals surface area contributed by atoms with Crippen molar-refractivity contribution in [1.29, 1.82) is 0 Å². The second kappa shape index (κ2) is 6.64. The Kier molecular flexibility index (Phi) is 6.47. The smallest absolute Gasteiger partial charge is 0.324 e. The molecule has 0 saturated heterocycles. The fraction of sp³-hybridized carbons (Fsp3) is 0.500. The Hall–Kier alpha value is -0.450. The molecule has 0 aromatic heterocycles. The highest BCUT2D eigenvalue weighted by atomic mass is 35.5. The molecular weight excluding hydrogens is 286 g/mol. The van der Waals surface area contributed by atoms with E-state index in [1.165, 1.54) is 12.1 Å². The van der Waals surface area contributed by atoms with Crippen LogP contribution in [0.2, 0.25) is 5.02 Å². The van der Waals surface area contributed by atoms with Gasteiger partial charge in [-0.1, -0.05) is 37.9 Å². The highest BCUT2D eigenvalue weighted by Crippen LogP contribution is 2.36. The van der Waals surface area contributed by atoms with E-state index < -0.39 is 11.7 Å².